The standard InChI is InChI=1S/C9H6FN3/c10-9-3-1-2-8(13-9)4-7(5-11)6-12/h1-3,7H,4H2. The fourth-order valence-electron chi connectivity index (χ4n) is 0.893. The van der Waals surface area contributed by atoms with Crippen LogP contribution in [0.3, 0.4) is 0 Å². The number of rotatable bonds is 2. The predicted molar refractivity (Wildman–Crippen MR) is 42.6 cm³/mol. The van der Waals surface area contributed by atoms with Gasteiger partial charge in [0.2, 0.25) is 5.95 Å². The molecule has 1 heterocycles. The molecule has 3 nitrogen and oxygen atoms in total. The summed E-state index contributed by atoms with van der Waals surface area (Å²) in [4.78, 5) is 3.54. The van der Waals surface area contributed by atoms with Gasteiger partial charge < -0.3 is 0 Å². The molecule has 4 heteroatoms. The normalized spacial score (nSPS) is 9.23. The van der Waals surface area contributed by atoms with Crippen molar-refractivity contribution < 1.29 is 4.39 Å². The fraction of sp³-hybridized carbons (Fsp3) is 0.222. The molecule has 1 aromatic heterocycles. The summed E-state index contributed by atoms with van der Waals surface area (Å²) in [6.45, 7) is 0. The highest BCUT2D eigenvalue weighted by atomic mass is 19.1. The first kappa shape index (κ1) is 9.15. The maximum atomic E-state index is 12.5. The van der Waals surface area contributed by atoms with E-state index in [1.54, 1.807) is 18.2 Å². The SMILES string of the molecule is N#CC(C#N)Cc1cccc(F)n1. The lowest BCUT2D eigenvalue weighted by Gasteiger charge is -1.98. The number of hydrogen-bond acceptors (Lipinski definition) is 3. The second-order valence-electron chi connectivity index (χ2n) is 2.47. The minimum absolute atomic E-state index is 0.171. The van der Waals surface area contributed by atoms with Crippen molar-refractivity contribution in [1.29, 1.82) is 10.5 Å². The van der Waals surface area contributed by atoms with Crippen LogP contribution in [0.1, 0.15) is 5.69 Å². The van der Waals surface area contributed by atoms with Gasteiger partial charge in [0, 0.05) is 12.1 Å². The van der Waals surface area contributed by atoms with Crippen LogP contribution in [0.25, 0.3) is 0 Å². The zero-order valence-corrected chi connectivity index (χ0v) is 6.74. The Morgan fingerprint density at radius 1 is 1.38 bits per heavy atom. The van der Waals surface area contributed by atoms with Crippen LogP contribution >= 0.6 is 0 Å². The van der Waals surface area contributed by atoms with Crippen LogP contribution in [0.2, 0.25) is 0 Å². The summed E-state index contributed by atoms with van der Waals surface area (Å²) in [5.74, 6) is -1.35. The van der Waals surface area contributed by atoms with Crippen molar-refractivity contribution in [3.63, 3.8) is 0 Å². The van der Waals surface area contributed by atoms with E-state index in [1.165, 1.54) is 12.1 Å². The van der Waals surface area contributed by atoms with E-state index in [9.17, 15) is 4.39 Å². The molecule has 0 aromatic carbocycles. The van der Waals surface area contributed by atoms with Crippen LogP contribution in [0.15, 0.2) is 18.2 Å². The second kappa shape index (κ2) is 4.18. The maximum Gasteiger partial charge on any atom is 0.213 e. The highest BCUT2D eigenvalue weighted by molar-refractivity contribution is 5.11. The van der Waals surface area contributed by atoms with E-state index in [4.69, 9.17) is 10.5 Å². The van der Waals surface area contributed by atoms with Crippen molar-refractivity contribution in [1.82, 2.24) is 4.98 Å². The van der Waals surface area contributed by atoms with Gasteiger partial charge >= 0.3 is 0 Å². The molecule has 0 fully saturated rings. The maximum absolute atomic E-state index is 12.5. The van der Waals surface area contributed by atoms with Gasteiger partial charge in [0.05, 0.1) is 12.1 Å². The zero-order valence-electron chi connectivity index (χ0n) is 6.74. The minimum Gasteiger partial charge on any atom is -0.225 e. The summed E-state index contributed by atoms with van der Waals surface area (Å²) in [5, 5.41) is 16.9. The Bertz CT molecular complexity index is 361. The summed E-state index contributed by atoms with van der Waals surface area (Å²) in [7, 11) is 0. The molecule has 64 valence electrons. The molecule has 0 saturated carbocycles. The lowest BCUT2D eigenvalue weighted by Crippen LogP contribution is -2.01. The first-order chi connectivity index (χ1) is 6.26. The average Bonchev–Trinajstić information content (AvgIpc) is 2.14. The molecule has 0 saturated heterocycles. The van der Waals surface area contributed by atoms with E-state index >= 15 is 0 Å². The van der Waals surface area contributed by atoms with Crippen molar-refractivity contribution in [2.45, 2.75) is 6.42 Å². The van der Waals surface area contributed by atoms with Gasteiger partial charge in [0.25, 0.3) is 0 Å². The Morgan fingerprint density at radius 3 is 2.62 bits per heavy atom. The van der Waals surface area contributed by atoms with Crippen molar-refractivity contribution in [3.8, 4) is 12.1 Å². The first-order valence-electron chi connectivity index (χ1n) is 3.67. The highest BCUT2D eigenvalue weighted by Gasteiger charge is 2.07. The Labute approximate surface area is 75.1 Å². The van der Waals surface area contributed by atoms with Gasteiger partial charge in [-0.05, 0) is 12.1 Å². The molecule has 0 unspecified atom stereocenters. The number of hydrogen-bond donors (Lipinski definition) is 0. The Morgan fingerprint density at radius 2 is 2.08 bits per heavy atom. The summed E-state index contributed by atoms with van der Waals surface area (Å²) in [6, 6.07) is 7.90. The van der Waals surface area contributed by atoms with E-state index in [2.05, 4.69) is 4.98 Å². The number of aromatic nitrogens is 1. The van der Waals surface area contributed by atoms with Crippen LogP contribution in [0, 0.1) is 34.5 Å². The van der Waals surface area contributed by atoms with Gasteiger partial charge in [-0.25, -0.2) is 4.98 Å². The van der Waals surface area contributed by atoms with Crippen molar-refractivity contribution in [2.75, 3.05) is 0 Å². The first-order valence-corrected chi connectivity index (χ1v) is 3.67. The van der Waals surface area contributed by atoms with Crippen molar-refractivity contribution in [3.05, 3.63) is 29.8 Å². The molecule has 0 bridgehead atoms. The largest absolute Gasteiger partial charge is 0.225 e. The van der Waals surface area contributed by atoms with Crippen LogP contribution in [-0.2, 0) is 6.42 Å². The summed E-state index contributed by atoms with van der Waals surface area (Å²) < 4.78 is 12.5. The predicted octanol–water partition coefficient (Wildman–Crippen LogP) is 1.43. The molecule has 0 atom stereocenters. The molecule has 0 amide bonds. The Kier molecular flexibility index (Phi) is 2.94. The number of nitrogens with zero attached hydrogens (tertiary/aromatic N) is 3. The third kappa shape index (κ3) is 2.53. The molecule has 0 aliphatic heterocycles. The van der Waals surface area contributed by atoms with Gasteiger partial charge in [-0.1, -0.05) is 6.07 Å². The number of nitriles is 2. The molecule has 1 rings (SSSR count). The molecule has 0 aliphatic carbocycles. The Balaban J connectivity index is 2.76. The average molecular weight is 175 g/mol. The van der Waals surface area contributed by atoms with Crippen LogP contribution < -0.4 is 0 Å². The lowest BCUT2D eigenvalue weighted by molar-refractivity contribution is 0.574. The van der Waals surface area contributed by atoms with Crippen LogP contribution in [0.4, 0.5) is 4.39 Å². The molecular formula is C9H6FN3. The minimum atomic E-state index is -0.755. The molecule has 1 aromatic rings. The number of pyridine rings is 1. The molecule has 0 aliphatic rings. The topological polar surface area (TPSA) is 60.5 Å². The van der Waals surface area contributed by atoms with Crippen molar-refractivity contribution >= 4 is 0 Å². The fourth-order valence-corrected chi connectivity index (χ4v) is 0.893. The van der Waals surface area contributed by atoms with Gasteiger partial charge in [0.1, 0.15) is 5.92 Å². The second-order valence-corrected chi connectivity index (χ2v) is 2.47. The third-order valence-electron chi connectivity index (χ3n) is 1.50. The third-order valence-corrected chi connectivity index (χ3v) is 1.50. The smallest absolute Gasteiger partial charge is 0.213 e. The molecular weight excluding hydrogens is 169 g/mol. The Hall–Kier alpha value is -1.94. The zero-order chi connectivity index (χ0) is 9.68. The quantitative estimate of drug-likeness (QED) is 0.638. The van der Waals surface area contributed by atoms with Gasteiger partial charge in [0.15, 0.2) is 0 Å². The monoisotopic (exact) mass is 175 g/mol. The molecule has 0 N–H and O–H groups in total. The molecule has 13 heavy (non-hydrogen) atoms. The lowest BCUT2D eigenvalue weighted by atomic mass is 10.1. The number of halogens is 1. The van der Waals surface area contributed by atoms with E-state index in [0.717, 1.165) is 0 Å². The van der Waals surface area contributed by atoms with Gasteiger partial charge in [-0.15, -0.1) is 0 Å². The molecule has 0 radical (unpaired) electrons. The molecule has 0 spiro atoms. The van der Waals surface area contributed by atoms with Crippen molar-refractivity contribution in [2.24, 2.45) is 5.92 Å². The summed E-state index contributed by atoms with van der Waals surface area (Å²) >= 11 is 0. The summed E-state index contributed by atoms with van der Waals surface area (Å²) in [5.41, 5.74) is 0.424. The van der Waals surface area contributed by atoms with Crippen LogP contribution in [-0.4, -0.2) is 4.98 Å². The van der Waals surface area contributed by atoms with Crippen LogP contribution in [0.5, 0.6) is 0 Å². The summed E-state index contributed by atoms with van der Waals surface area (Å²) in [6.07, 6.45) is 0.171. The highest BCUT2D eigenvalue weighted by Crippen LogP contribution is 2.05. The van der Waals surface area contributed by atoms with Gasteiger partial charge in [-0.2, -0.15) is 14.9 Å². The van der Waals surface area contributed by atoms with E-state index in [1.807, 2.05) is 0 Å². The van der Waals surface area contributed by atoms with Gasteiger partial charge in [-0.3, -0.25) is 0 Å². The van der Waals surface area contributed by atoms with E-state index in [0.29, 0.717) is 5.69 Å². The van der Waals surface area contributed by atoms with E-state index < -0.39 is 11.9 Å². The van der Waals surface area contributed by atoms with E-state index in [-0.39, 0.29) is 6.42 Å².